The van der Waals surface area contributed by atoms with Gasteiger partial charge < -0.3 is 15.5 Å². The molecule has 5 heteroatoms. The Morgan fingerprint density at radius 3 is 2.25 bits per heavy atom. The molecule has 2 saturated carbocycles. The number of carbonyl (C=O) groups is 2. The van der Waals surface area contributed by atoms with Crippen LogP contribution >= 0.6 is 0 Å². The summed E-state index contributed by atoms with van der Waals surface area (Å²) in [6.07, 6.45) is 14.0. The predicted octanol–water partition coefficient (Wildman–Crippen LogP) is 3.62. The van der Waals surface area contributed by atoms with Gasteiger partial charge in [-0.05, 0) is 76.8 Å². The minimum atomic E-state index is 0.160. The van der Waals surface area contributed by atoms with E-state index >= 15 is 0 Å². The molecule has 2 N–H and O–H groups in total. The molecule has 0 atom stereocenters. The lowest BCUT2D eigenvalue weighted by Gasteiger charge is -2.38. The van der Waals surface area contributed by atoms with Crippen LogP contribution < -0.4 is 10.6 Å². The molecule has 28 heavy (non-hydrogen) atoms. The molecule has 0 unspecified atom stereocenters. The number of rotatable bonds is 7. The van der Waals surface area contributed by atoms with Crippen molar-refractivity contribution < 1.29 is 9.59 Å². The van der Waals surface area contributed by atoms with E-state index in [2.05, 4.69) is 22.5 Å². The van der Waals surface area contributed by atoms with Crippen LogP contribution in [0.3, 0.4) is 0 Å². The van der Waals surface area contributed by atoms with Gasteiger partial charge in [0.15, 0.2) is 0 Å². The summed E-state index contributed by atoms with van der Waals surface area (Å²) < 4.78 is 0. The van der Waals surface area contributed by atoms with Crippen molar-refractivity contribution in [2.45, 2.75) is 102 Å². The van der Waals surface area contributed by atoms with Crippen molar-refractivity contribution in [2.75, 3.05) is 19.6 Å². The molecule has 5 nitrogen and oxygen atoms in total. The number of piperidine rings is 1. The van der Waals surface area contributed by atoms with E-state index in [0.717, 1.165) is 64.6 Å². The highest BCUT2D eigenvalue weighted by Crippen LogP contribution is 2.29. The Balaban J connectivity index is 1.42. The van der Waals surface area contributed by atoms with Crippen molar-refractivity contribution in [3.63, 3.8) is 0 Å². The molecule has 0 bridgehead atoms. The van der Waals surface area contributed by atoms with E-state index in [0.29, 0.717) is 24.3 Å². The summed E-state index contributed by atoms with van der Waals surface area (Å²) in [5.41, 5.74) is 0. The van der Waals surface area contributed by atoms with Crippen LogP contribution in [-0.2, 0) is 9.59 Å². The lowest BCUT2D eigenvalue weighted by atomic mass is 9.84. The lowest BCUT2D eigenvalue weighted by Crippen LogP contribution is -2.49. The summed E-state index contributed by atoms with van der Waals surface area (Å²) in [6, 6.07) is 0.695. The molecule has 2 aliphatic carbocycles. The molecule has 0 spiro atoms. The Bertz CT molecular complexity index is 490. The van der Waals surface area contributed by atoms with E-state index in [4.69, 9.17) is 0 Å². The molecule has 1 heterocycles. The molecule has 3 aliphatic rings. The molecule has 3 rings (SSSR count). The lowest BCUT2D eigenvalue weighted by molar-refractivity contribution is -0.139. The minimum absolute atomic E-state index is 0.160. The van der Waals surface area contributed by atoms with E-state index in [9.17, 15) is 9.59 Å². The van der Waals surface area contributed by atoms with Gasteiger partial charge in [-0.15, -0.1) is 0 Å². The summed E-state index contributed by atoms with van der Waals surface area (Å²) in [5.74, 6) is 1.37. The zero-order valence-electron chi connectivity index (χ0n) is 17.9. The summed E-state index contributed by atoms with van der Waals surface area (Å²) in [7, 11) is 0. The largest absolute Gasteiger partial charge is 0.353 e. The molecule has 0 aromatic carbocycles. The second-order valence-electron chi connectivity index (χ2n) is 9.34. The Morgan fingerprint density at radius 2 is 1.61 bits per heavy atom. The van der Waals surface area contributed by atoms with Gasteiger partial charge in [0.05, 0.1) is 0 Å². The van der Waals surface area contributed by atoms with Crippen molar-refractivity contribution >= 4 is 11.8 Å². The summed E-state index contributed by atoms with van der Waals surface area (Å²) in [5, 5.41) is 6.68. The molecule has 1 saturated heterocycles. The maximum Gasteiger partial charge on any atom is 0.225 e. The average Bonchev–Trinajstić information content (AvgIpc) is 2.73. The van der Waals surface area contributed by atoms with Crippen molar-refractivity contribution in [1.29, 1.82) is 0 Å². The molecular weight excluding hydrogens is 350 g/mol. The predicted molar refractivity (Wildman–Crippen MR) is 113 cm³/mol. The Hall–Kier alpha value is -1.10. The zero-order valence-corrected chi connectivity index (χ0v) is 17.9. The number of hydrogen-bond acceptors (Lipinski definition) is 3. The fraction of sp³-hybridized carbons (Fsp3) is 0.913. The van der Waals surface area contributed by atoms with Gasteiger partial charge in [0.25, 0.3) is 0 Å². The molecular formula is C23H41N3O2. The fourth-order valence-electron chi connectivity index (χ4n) is 5.49. The van der Waals surface area contributed by atoms with Crippen molar-refractivity contribution in [1.82, 2.24) is 15.5 Å². The van der Waals surface area contributed by atoms with E-state index in [1.807, 2.05) is 0 Å². The van der Waals surface area contributed by atoms with Gasteiger partial charge in [0.2, 0.25) is 11.8 Å². The highest BCUT2D eigenvalue weighted by molar-refractivity contribution is 5.79. The third-order valence-corrected chi connectivity index (χ3v) is 7.14. The van der Waals surface area contributed by atoms with Crippen LogP contribution in [-0.4, -0.2) is 48.4 Å². The third-order valence-electron chi connectivity index (χ3n) is 7.14. The topological polar surface area (TPSA) is 61.4 Å². The number of carbonyl (C=O) groups excluding carboxylic acids is 2. The smallest absolute Gasteiger partial charge is 0.225 e. The molecule has 0 aromatic rings. The first-order chi connectivity index (χ1) is 13.7. The molecule has 0 aromatic heterocycles. The van der Waals surface area contributed by atoms with Gasteiger partial charge in [-0.2, -0.15) is 0 Å². The monoisotopic (exact) mass is 391 g/mol. The SMILES string of the molecule is CCCN(C(=O)C1CCC(NC(=O)CC2CCCCC2)CC1)C1CCNCC1. The summed E-state index contributed by atoms with van der Waals surface area (Å²) >= 11 is 0. The molecule has 1 aliphatic heterocycles. The van der Waals surface area contributed by atoms with Gasteiger partial charge in [-0.25, -0.2) is 0 Å². The first kappa shape index (κ1) is 21.6. The van der Waals surface area contributed by atoms with Crippen molar-refractivity contribution in [2.24, 2.45) is 11.8 Å². The summed E-state index contributed by atoms with van der Waals surface area (Å²) in [6.45, 7) is 5.11. The van der Waals surface area contributed by atoms with Crippen LogP contribution in [0.4, 0.5) is 0 Å². The van der Waals surface area contributed by atoms with Crippen molar-refractivity contribution in [3.05, 3.63) is 0 Å². The maximum absolute atomic E-state index is 13.2. The standard InChI is InChI=1S/C23H41N3O2/c1-2-16-26(21-12-14-24-15-13-21)23(28)19-8-10-20(11-9-19)25-22(27)17-18-6-4-3-5-7-18/h18-21,24H,2-17H2,1H3,(H,25,27). The molecule has 160 valence electrons. The Labute approximate surface area is 171 Å². The zero-order chi connectivity index (χ0) is 19.8. The maximum atomic E-state index is 13.2. The van der Waals surface area contributed by atoms with Crippen LogP contribution in [0.2, 0.25) is 0 Å². The number of hydrogen-bond donors (Lipinski definition) is 2. The number of amides is 2. The quantitative estimate of drug-likeness (QED) is 0.697. The minimum Gasteiger partial charge on any atom is -0.353 e. The Kier molecular flexibility index (Phi) is 8.63. The van der Waals surface area contributed by atoms with E-state index in [1.54, 1.807) is 0 Å². The first-order valence-corrected chi connectivity index (χ1v) is 12.0. The highest BCUT2D eigenvalue weighted by atomic mass is 16.2. The number of nitrogens with one attached hydrogen (secondary N) is 2. The number of nitrogens with zero attached hydrogens (tertiary/aromatic N) is 1. The average molecular weight is 392 g/mol. The van der Waals surface area contributed by atoms with Crippen molar-refractivity contribution in [3.8, 4) is 0 Å². The second-order valence-corrected chi connectivity index (χ2v) is 9.34. The van der Waals surface area contributed by atoms with Gasteiger partial charge >= 0.3 is 0 Å². The highest BCUT2D eigenvalue weighted by Gasteiger charge is 2.33. The summed E-state index contributed by atoms with van der Waals surface area (Å²) in [4.78, 5) is 27.8. The van der Waals surface area contributed by atoms with Gasteiger partial charge in [0.1, 0.15) is 0 Å². The van der Waals surface area contributed by atoms with Crippen LogP contribution in [0, 0.1) is 11.8 Å². The van der Waals surface area contributed by atoms with Crippen LogP contribution in [0.5, 0.6) is 0 Å². The molecule has 0 radical (unpaired) electrons. The van der Waals surface area contributed by atoms with Gasteiger partial charge in [0, 0.05) is 31.0 Å². The second kappa shape index (κ2) is 11.2. The third kappa shape index (κ3) is 6.20. The van der Waals surface area contributed by atoms with E-state index in [-0.39, 0.29) is 17.9 Å². The van der Waals surface area contributed by atoms with Gasteiger partial charge in [-0.3, -0.25) is 9.59 Å². The van der Waals surface area contributed by atoms with Crippen LogP contribution in [0.15, 0.2) is 0 Å². The first-order valence-electron chi connectivity index (χ1n) is 12.0. The Morgan fingerprint density at radius 1 is 0.929 bits per heavy atom. The van der Waals surface area contributed by atoms with E-state index in [1.165, 1.54) is 32.1 Å². The normalized spacial score (nSPS) is 27.3. The van der Waals surface area contributed by atoms with E-state index < -0.39 is 0 Å². The molecule has 2 amide bonds. The fourth-order valence-corrected chi connectivity index (χ4v) is 5.49. The van der Waals surface area contributed by atoms with Crippen LogP contribution in [0.1, 0.15) is 90.4 Å². The van der Waals surface area contributed by atoms with Gasteiger partial charge in [-0.1, -0.05) is 26.2 Å². The van der Waals surface area contributed by atoms with Crippen LogP contribution in [0.25, 0.3) is 0 Å². The molecule has 3 fully saturated rings.